The molecule has 0 aliphatic carbocycles. The van der Waals surface area contributed by atoms with E-state index in [1.54, 1.807) is 20.8 Å². The Bertz CT molecular complexity index is 605. The van der Waals surface area contributed by atoms with Crippen LogP contribution in [0, 0.1) is 0 Å². The van der Waals surface area contributed by atoms with Gasteiger partial charge in [0.25, 0.3) is 0 Å². The van der Waals surface area contributed by atoms with E-state index in [1.807, 2.05) is 13.0 Å². The number of hydrogen-bond donors (Lipinski definition) is 0. The zero-order valence-corrected chi connectivity index (χ0v) is 20.3. The summed E-state index contributed by atoms with van der Waals surface area (Å²) < 4.78 is 29.0. The van der Waals surface area contributed by atoms with Crippen molar-refractivity contribution in [2.75, 3.05) is 19.8 Å². The van der Waals surface area contributed by atoms with E-state index in [0.717, 1.165) is 31.3 Å². The monoisotopic (exact) mass is 428 g/mol. The second kappa shape index (κ2) is 15.6. The molecule has 0 amide bonds. The molecule has 0 spiro atoms. The highest BCUT2D eigenvalue weighted by Crippen LogP contribution is 2.54. The van der Waals surface area contributed by atoms with Gasteiger partial charge in [-0.1, -0.05) is 34.9 Å². The van der Waals surface area contributed by atoms with Crippen molar-refractivity contribution in [2.45, 2.75) is 86.2 Å². The van der Waals surface area contributed by atoms with Crippen molar-refractivity contribution < 1.29 is 23.1 Å². The first kappa shape index (κ1) is 27.8. The molecule has 1 atom stereocenters. The number of carbonyl (C=O) groups excluding carboxylic acids is 1. The second-order valence-corrected chi connectivity index (χ2v) is 9.56. The van der Waals surface area contributed by atoms with Crippen LogP contribution in [0.3, 0.4) is 0 Å². The van der Waals surface area contributed by atoms with E-state index in [9.17, 15) is 9.36 Å². The minimum atomic E-state index is -3.57. The maximum absolute atomic E-state index is 13.1. The van der Waals surface area contributed by atoms with E-state index in [0.29, 0.717) is 0 Å². The fourth-order valence-corrected chi connectivity index (χ4v) is 4.67. The number of hydrogen-bond acceptors (Lipinski definition) is 5. The summed E-state index contributed by atoms with van der Waals surface area (Å²) >= 11 is 0. The summed E-state index contributed by atoms with van der Waals surface area (Å²) in [4.78, 5) is 12.4. The van der Waals surface area contributed by atoms with Gasteiger partial charge in [-0.2, -0.15) is 0 Å². The maximum atomic E-state index is 13.1. The van der Waals surface area contributed by atoms with Crippen molar-refractivity contribution in [1.82, 2.24) is 0 Å². The van der Waals surface area contributed by atoms with E-state index < -0.39 is 19.2 Å². The first-order chi connectivity index (χ1) is 13.7. The van der Waals surface area contributed by atoms with Crippen LogP contribution >= 0.6 is 7.60 Å². The smallest absolute Gasteiger partial charge is 0.345 e. The van der Waals surface area contributed by atoms with Gasteiger partial charge < -0.3 is 13.8 Å². The summed E-state index contributed by atoms with van der Waals surface area (Å²) in [5.74, 6) is -0.531. The average molecular weight is 429 g/mol. The van der Waals surface area contributed by atoms with Crippen molar-refractivity contribution >= 4 is 13.6 Å². The summed E-state index contributed by atoms with van der Waals surface area (Å²) in [7, 11) is -3.57. The Balaban J connectivity index is 4.98. The average Bonchev–Trinajstić information content (AvgIpc) is 2.62. The molecule has 1 unspecified atom stereocenters. The van der Waals surface area contributed by atoms with Crippen LogP contribution in [0.5, 0.6) is 0 Å². The molecule has 0 fully saturated rings. The van der Waals surface area contributed by atoms with Crippen molar-refractivity contribution in [3.63, 3.8) is 0 Å². The number of allylic oxidation sites excluding steroid dienone is 6. The molecule has 0 N–H and O–H groups in total. The van der Waals surface area contributed by atoms with Gasteiger partial charge in [-0.25, -0.2) is 0 Å². The van der Waals surface area contributed by atoms with E-state index in [2.05, 4.69) is 32.9 Å². The number of carbonyl (C=O) groups is 1. The van der Waals surface area contributed by atoms with Gasteiger partial charge >= 0.3 is 13.6 Å². The lowest BCUT2D eigenvalue weighted by Crippen LogP contribution is -2.25. The molecule has 0 aromatic carbocycles. The Labute approximate surface area is 178 Å². The fourth-order valence-electron chi connectivity index (χ4n) is 2.82. The lowest BCUT2D eigenvalue weighted by atomic mass is 10.1. The first-order valence-corrected chi connectivity index (χ1v) is 12.3. The molecule has 0 radical (unpaired) electrons. The standard InChI is InChI=1S/C23H41O5P/c1-8-26-23(24)22(29(25,27-9-2)28-10-3)18-17-21(7)16-12-15-20(6)14-11-13-19(4)5/h13,15,17,22H,8-12,14,16,18H2,1-7H3. The molecular weight excluding hydrogens is 387 g/mol. The molecule has 0 aliphatic rings. The molecule has 5 nitrogen and oxygen atoms in total. The molecule has 0 rings (SSSR count). The maximum Gasteiger partial charge on any atom is 0.345 e. The summed E-state index contributed by atoms with van der Waals surface area (Å²) in [6.07, 6.45) is 10.8. The molecule has 0 saturated heterocycles. The molecule has 6 heteroatoms. The van der Waals surface area contributed by atoms with Gasteiger partial charge in [0.15, 0.2) is 5.66 Å². The zero-order chi connectivity index (χ0) is 22.3. The Morgan fingerprint density at radius 3 is 1.83 bits per heavy atom. The topological polar surface area (TPSA) is 61.8 Å². The van der Waals surface area contributed by atoms with Crippen LogP contribution in [0.4, 0.5) is 0 Å². The van der Waals surface area contributed by atoms with Crippen molar-refractivity contribution in [3.05, 3.63) is 34.9 Å². The number of rotatable bonds is 15. The van der Waals surface area contributed by atoms with Crippen LogP contribution in [0.2, 0.25) is 0 Å². The predicted octanol–water partition coefficient (Wildman–Crippen LogP) is 6.99. The third-order valence-electron chi connectivity index (χ3n) is 4.37. The van der Waals surface area contributed by atoms with Crippen LogP contribution in [0.1, 0.15) is 80.6 Å². The van der Waals surface area contributed by atoms with Gasteiger partial charge in [0.05, 0.1) is 19.8 Å². The van der Waals surface area contributed by atoms with Crippen LogP contribution in [-0.4, -0.2) is 31.4 Å². The first-order valence-electron chi connectivity index (χ1n) is 10.7. The van der Waals surface area contributed by atoms with Crippen LogP contribution in [0.25, 0.3) is 0 Å². The fraction of sp³-hybridized carbons (Fsp3) is 0.696. The third kappa shape index (κ3) is 12.2. The summed E-state index contributed by atoms with van der Waals surface area (Å²) in [5, 5.41) is 0. The SMILES string of the molecule is CCOC(=O)C(CC=C(C)CCC=C(C)CCC=C(C)C)P(=O)(OCC)OCC. The van der Waals surface area contributed by atoms with Gasteiger partial charge in [0.1, 0.15) is 0 Å². The lowest BCUT2D eigenvalue weighted by Gasteiger charge is -2.24. The summed E-state index contributed by atoms with van der Waals surface area (Å²) in [6.45, 7) is 14.3. The molecular formula is C23H41O5P. The van der Waals surface area contributed by atoms with Gasteiger partial charge in [0.2, 0.25) is 0 Å². The minimum absolute atomic E-state index is 0.215. The number of esters is 1. The van der Waals surface area contributed by atoms with Gasteiger partial charge in [-0.05, 0) is 80.6 Å². The van der Waals surface area contributed by atoms with Crippen LogP contribution in [0.15, 0.2) is 34.9 Å². The van der Waals surface area contributed by atoms with Crippen LogP contribution in [-0.2, 0) is 23.1 Å². The Morgan fingerprint density at radius 2 is 1.34 bits per heavy atom. The Hall–Kier alpha value is -1.16. The highest BCUT2D eigenvalue weighted by molar-refractivity contribution is 7.55. The van der Waals surface area contributed by atoms with Crippen molar-refractivity contribution in [3.8, 4) is 0 Å². The van der Waals surface area contributed by atoms with Crippen LogP contribution < -0.4 is 0 Å². The van der Waals surface area contributed by atoms with Crippen molar-refractivity contribution in [1.29, 1.82) is 0 Å². The van der Waals surface area contributed by atoms with E-state index in [4.69, 9.17) is 13.8 Å². The Morgan fingerprint density at radius 1 is 0.828 bits per heavy atom. The molecule has 0 aromatic heterocycles. The summed E-state index contributed by atoms with van der Waals surface area (Å²) in [5.41, 5.74) is 2.95. The van der Waals surface area contributed by atoms with Gasteiger partial charge in [-0.15, -0.1) is 0 Å². The van der Waals surface area contributed by atoms with E-state index >= 15 is 0 Å². The molecule has 0 saturated carbocycles. The van der Waals surface area contributed by atoms with Gasteiger partial charge in [-0.3, -0.25) is 9.36 Å². The highest BCUT2D eigenvalue weighted by atomic mass is 31.2. The Kier molecular flexibility index (Phi) is 15.0. The quantitative estimate of drug-likeness (QED) is 0.160. The van der Waals surface area contributed by atoms with E-state index in [1.165, 1.54) is 11.1 Å². The minimum Gasteiger partial charge on any atom is -0.465 e. The summed E-state index contributed by atoms with van der Waals surface area (Å²) in [6, 6.07) is 0. The normalized spacial score (nSPS) is 13.9. The lowest BCUT2D eigenvalue weighted by molar-refractivity contribution is -0.143. The molecule has 29 heavy (non-hydrogen) atoms. The molecule has 0 heterocycles. The second-order valence-electron chi connectivity index (χ2n) is 7.34. The largest absolute Gasteiger partial charge is 0.465 e. The highest BCUT2D eigenvalue weighted by Gasteiger charge is 2.41. The molecule has 0 bridgehead atoms. The van der Waals surface area contributed by atoms with Crippen molar-refractivity contribution in [2.24, 2.45) is 0 Å². The number of ether oxygens (including phenoxy) is 1. The zero-order valence-electron chi connectivity index (χ0n) is 19.5. The van der Waals surface area contributed by atoms with E-state index in [-0.39, 0.29) is 26.2 Å². The predicted molar refractivity (Wildman–Crippen MR) is 121 cm³/mol. The van der Waals surface area contributed by atoms with Gasteiger partial charge in [0, 0.05) is 0 Å². The molecule has 0 aliphatic heterocycles. The third-order valence-corrected chi connectivity index (χ3v) is 6.79. The molecule has 168 valence electrons. The molecule has 0 aromatic rings.